The van der Waals surface area contributed by atoms with E-state index in [1.807, 2.05) is 42.5 Å². The molecule has 0 aliphatic rings. The average Bonchev–Trinajstić information content (AvgIpc) is 2.51. The van der Waals surface area contributed by atoms with Crippen LogP contribution in [0.4, 0.5) is 0 Å². The van der Waals surface area contributed by atoms with Crippen molar-refractivity contribution in [1.29, 1.82) is 0 Å². The van der Waals surface area contributed by atoms with Crippen molar-refractivity contribution in [2.75, 3.05) is 6.61 Å². The van der Waals surface area contributed by atoms with E-state index >= 15 is 0 Å². The number of esters is 1. The summed E-state index contributed by atoms with van der Waals surface area (Å²) in [4.78, 5) is 16.4. The van der Waals surface area contributed by atoms with Crippen LogP contribution in [-0.2, 0) is 9.53 Å². The van der Waals surface area contributed by atoms with Gasteiger partial charge < -0.3 is 4.74 Å². The predicted octanol–water partition coefficient (Wildman–Crippen LogP) is 4.06. The molecule has 0 radical (unpaired) electrons. The number of benzene rings is 2. The molecular formula is C17H16ClNO2. The second-order valence-corrected chi connectivity index (χ2v) is 4.83. The third-order valence-electron chi connectivity index (χ3n) is 2.87. The Balaban J connectivity index is 2.23. The van der Waals surface area contributed by atoms with Crippen LogP contribution in [0.2, 0.25) is 5.02 Å². The van der Waals surface area contributed by atoms with Crippen LogP contribution in [0, 0.1) is 0 Å². The molecule has 2 aromatic carbocycles. The molecule has 0 heterocycles. The highest BCUT2D eigenvalue weighted by atomic mass is 35.5. The number of hydrogen-bond acceptors (Lipinski definition) is 3. The van der Waals surface area contributed by atoms with Crippen molar-refractivity contribution < 1.29 is 9.53 Å². The Hall–Kier alpha value is -2.13. The second-order valence-electron chi connectivity index (χ2n) is 4.39. The van der Waals surface area contributed by atoms with E-state index in [-0.39, 0.29) is 5.97 Å². The maximum atomic E-state index is 12.1. The van der Waals surface area contributed by atoms with Crippen molar-refractivity contribution in [3.8, 4) is 0 Å². The Labute approximate surface area is 129 Å². The van der Waals surface area contributed by atoms with Gasteiger partial charge in [-0.1, -0.05) is 54.1 Å². The van der Waals surface area contributed by atoms with Gasteiger partial charge in [0, 0.05) is 11.2 Å². The Morgan fingerprint density at radius 2 is 1.86 bits per heavy atom. The molecule has 0 spiro atoms. The zero-order valence-corrected chi connectivity index (χ0v) is 12.5. The first-order valence-corrected chi connectivity index (χ1v) is 7.09. The molecule has 21 heavy (non-hydrogen) atoms. The van der Waals surface area contributed by atoms with Crippen molar-refractivity contribution in [2.45, 2.75) is 13.0 Å². The minimum atomic E-state index is -0.651. The minimum Gasteiger partial charge on any atom is -0.464 e. The van der Waals surface area contributed by atoms with Crippen LogP contribution < -0.4 is 0 Å². The first-order chi connectivity index (χ1) is 10.2. The highest BCUT2D eigenvalue weighted by Crippen LogP contribution is 2.19. The zero-order valence-electron chi connectivity index (χ0n) is 11.7. The van der Waals surface area contributed by atoms with Crippen molar-refractivity contribution in [3.05, 3.63) is 70.7 Å². The molecular weight excluding hydrogens is 286 g/mol. The molecule has 2 rings (SSSR count). The lowest BCUT2D eigenvalue weighted by atomic mass is 10.1. The van der Waals surface area contributed by atoms with Crippen molar-refractivity contribution in [2.24, 2.45) is 4.99 Å². The van der Waals surface area contributed by atoms with Crippen molar-refractivity contribution in [3.63, 3.8) is 0 Å². The van der Waals surface area contributed by atoms with Gasteiger partial charge >= 0.3 is 5.97 Å². The third kappa shape index (κ3) is 4.43. The SMILES string of the molecule is CCOC(=O)C(N=Cc1ccc(Cl)cc1)c1ccccc1. The first kappa shape index (κ1) is 15.3. The first-order valence-electron chi connectivity index (χ1n) is 6.71. The quantitative estimate of drug-likeness (QED) is 0.617. The lowest BCUT2D eigenvalue weighted by Gasteiger charge is -2.11. The van der Waals surface area contributed by atoms with Gasteiger partial charge in [0.05, 0.1) is 6.61 Å². The molecule has 0 saturated carbocycles. The molecule has 0 aliphatic carbocycles. The van der Waals surface area contributed by atoms with Gasteiger partial charge in [0.25, 0.3) is 0 Å². The Kier molecular flexibility index (Phi) is 5.52. The average molecular weight is 302 g/mol. The van der Waals surface area contributed by atoms with Crippen LogP contribution in [-0.4, -0.2) is 18.8 Å². The van der Waals surface area contributed by atoms with Crippen LogP contribution in [0.15, 0.2) is 59.6 Å². The van der Waals surface area contributed by atoms with Gasteiger partial charge in [-0.3, -0.25) is 4.99 Å². The third-order valence-corrected chi connectivity index (χ3v) is 3.12. The maximum Gasteiger partial charge on any atom is 0.335 e. The summed E-state index contributed by atoms with van der Waals surface area (Å²) in [6.45, 7) is 2.11. The Bertz CT molecular complexity index is 608. The van der Waals surface area contributed by atoms with E-state index in [4.69, 9.17) is 16.3 Å². The van der Waals surface area contributed by atoms with Crippen LogP contribution in [0.1, 0.15) is 24.1 Å². The van der Waals surface area contributed by atoms with Gasteiger partial charge in [-0.05, 0) is 30.2 Å². The summed E-state index contributed by atoms with van der Waals surface area (Å²) in [6.07, 6.45) is 1.66. The van der Waals surface area contributed by atoms with Crippen molar-refractivity contribution >= 4 is 23.8 Å². The lowest BCUT2D eigenvalue weighted by molar-refractivity contribution is -0.144. The molecule has 0 amide bonds. The Morgan fingerprint density at radius 3 is 2.48 bits per heavy atom. The highest BCUT2D eigenvalue weighted by molar-refractivity contribution is 6.30. The van der Waals surface area contributed by atoms with E-state index in [2.05, 4.69) is 4.99 Å². The second kappa shape index (κ2) is 7.60. The summed E-state index contributed by atoms with van der Waals surface area (Å²) >= 11 is 5.84. The molecule has 2 aromatic rings. The fraction of sp³-hybridized carbons (Fsp3) is 0.176. The van der Waals surface area contributed by atoms with Gasteiger partial charge in [0.15, 0.2) is 6.04 Å². The Morgan fingerprint density at radius 1 is 1.19 bits per heavy atom. The van der Waals surface area contributed by atoms with Crippen LogP contribution in [0.5, 0.6) is 0 Å². The molecule has 0 aliphatic heterocycles. The fourth-order valence-corrected chi connectivity index (χ4v) is 1.97. The number of aliphatic imine (C=N–C) groups is 1. The monoisotopic (exact) mass is 301 g/mol. The van der Waals surface area contributed by atoms with Crippen LogP contribution in [0.3, 0.4) is 0 Å². The van der Waals surface area contributed by atoms with Crippen molar-refractivity contribution in [1.82, 2.24) is 0 Å². The molecule has 0 saturated heterocycles. The molecule has 4 heteroatoms. The summed E-state index contributed by atoms with van der Waals surface area (Å²) in [6, 6.07) is 16.0. The summed E-state index contributed by atoms with van der Waals surface area (Å²) < 4.78 is 5.09. The number of rotatable bonds is 5. The summed E-state index contributed by atoms with van der Waals surface area (Å²) in [7, 11) is 0. The van der Waals surface area contributed by atoms with Crippen LogP contribution in [0.25, 0.3) is 0 Å². The summed E-state index contributed by atoms with van der Waals surface area (Å²) in [5, 5.41) is 0.664. The molecule has 3 nitrogen and oxygen atoms in total. The van der Waals surface area contributed by atoms with E-state index < -0.39 is 6.04 Å². The molecule has 108 valence electrons. The van der Waals surface area contributed by atoms with Crippen LogP contribution >= 0.6 is 11.6 Å². The van der Waals surface area contributed by atoms with Gasteiger partial charge in [-0.15, -0.1) is 0 Å². The lowest BCUT2D eigenvalue weighted by Crippen LogP contribution is -2.14. The van der Waals surface area contributed by atoms with Gasteiger partial charge in [0.2, 0.25) is 0 Å². The fourth-order valence-electron chi connectivity index (χ4n) is 1.85. The largest absolute Gasteiger partial charge is 0.464 e. The number of hydrogen-bond donors (Lipinski definition) is 0. The van der Waals surface area contributed by atoms with E-state index in [1.165, 1.54) is 0 Å². The molecule has 0 bridgehead atoms. The van der Waals surface area contributed by atoms with Gasteiger partial charge in [-0.2, -0.15) is 0 Å². The normalized spacial score (nSPS) is 12.3. The summed E-state index contributed by atoms with van der Waals surface area (Å²) in [5.41, 5.74) is 1.69. The number of carbonyl (C=O) groups excluding carboxylic acids is 1. The zero-order chi connectivity index (χ0) is 15.1. The molecule has 0 aromatic heterocycles. The molecule has 0 fully saturated rings. The summed E-state index contributed by atoms with van der Waals surface area (Å²) in [5.74, 6) is -0.353. The number of halogens is 1. The van der Waals surface area contributed by atoms with E-state index in [9.17, 15) is 4.79 Å². The minimum absolute atomic E-state index is 0.332. The highest BCUT2D eigenvalue weighted by Gasteiger charge is 2.19. The molecule has 1 unspecified atom stereocenters. The van der Waals surface area contributed by atoms with Gasteiger partial charge in [0.1, 0.15) is 0 Å². The topological polar surface area (TPSA) is 38.7 Å². The smallest absolute Gasteiger partial charge is 0.335 e. The maximum absolute atomic E-state index is 12.1. The number of ether oxygens (including phenoxy) is 1. The van der Waals surface area contributed by atoms with E-state index in [1.54, 1.807) is 25.3 Å². The predicted molar refractivity (Wildman–Crippen MR) is 84.9 cm³/mol. The van der Waals surface area contributed by atoms with E-state index in [0.717, 1.165) is 11.1 Å². The molecule has 1 atom stereocenters. The molecule has 0 N–H and O–H groups in total. The number of nitrogens with zero attached hydrogens (tertiary/aromatic N) is 1. The standard InChI is InChI=1S/C17H16ClNO2/c1-2-21-17(20)16(14-6-4-3-5-7-14)19-12-13-8-10-15(18)11-9-13/h3-12,16H,2H2,1H3. The number of carbonyl (C=O) groups is 1. The van der Waals surface area contributed by atoms with Gasteiger partial charge in [-0.25, -0.2) is 4.79 Å². The van der Waals surface area contributed by atoms with E-state index in [0.29, 0.717) is 11.6 Å².